The normalized spacial score (nSPS) is 21.5. The van der Waals surface area contributed by atoms with Crippen molar-refractivity contribution in [3.8, 4) is 0 Å². The summed E-state index contributed by atoms with van der Waals surface area (Å²) in [7, 11) is -7.28. The van der Waals surface area contributed by atoms with Gasteiger partial charge in [-0.2, -0.15) is 0 Å². The van der Waals surface area contributed by atoms with E-state index < -0.39 is 42.3 Å². The molecular weight excluding hydrogens is 544 g/mol. The zero-order chi connectivity index (χ0) is 20.1. The van der Waals surface area contributed by atoms with Crippen molar-refractivity contribution >= 4 is 62.5 Å². The first-order valence-electron chi connectivity index (χ1n) is 10.1. The van der Waals surface area contributed by atoms with Crippen LogP contribution < -0.4 is 0 Å². The summed E-state index contributed by atoms with van der Waals surface area (Å²) in [6.07, 6.45) is 2.69. The van der Waals surface area contributed by atoms with E-state index in [0.717, 1.165) is 14.6 Å². The fraction of sp³-hybridized carbons (Fsp3) is 1.00. The van der Waals surface area contributed by atoms with Gasteiger partial charge in [-0.15, -0.1) is 0 Å². The number of hydrogen-bond donors (Lipinski definition) is 0. The molecule has 0 aromatic carbocycles. The van der Waals surface area contributed by atoms with Gasteiger partial charge >= 0.3 is 178 Å². The van der Waals surface area contributed by atoms with Gasteiger partial charge < -0.3 is 0 Å². The molecule has 7 heteroatoms. The van der Waals surface area contributed by atoms with Crippen LogP contribution in [0, 0.1) is 0 Å². The Morgan fingerprint density at radius 2 is 1.04 bits per heavy atom. The average molecular weight is 589 g/mol. The first kappa shape index (κ1) is 25.1. The van der Waals surface area contributed by atoms with Crippen LogP contribution in [-0.2, 0) is 4.74 Å². The Hall–Kier alpha value is 2.10. The van der Waals surface area contributed by atoms with Crippen molar-refractivity contribution in [2.24, 2.45) is 0 Å². The second kappa shape index (κ2) is 8.08. The molecule has 1 unspecified atom stereocenters. The van der Waals surface area contributed by atoms with E-state index in [2.05, 4.69) is 98.8 Å². The maximum absolute atomic E-state index is 6.63. The summed E-state index contributed by atoms with van der Waals surface area (Å²) in [5, 5.41) is 0. The Kier molecular flexibility index (Phi) is 8.13. The van der Waals surface area contributed by atoms with E-state index in [-0.39, 0.29) is 0 Å². The van der Waals surface area contributed by atoms with Gasteiger partial charge in [0.2, 0.25) is 0 Å². The predicted octanol–water partition coefficient (Wildman–Crippen LogP) is 7.34. The zero-order valence-electron chi connectivity index (χ0n) is 19.1. The van der Waals surface area contributed by atoms with Crippen LogP contribution in [0.1, 0.15) is 12.8 Å². The monoisotopic (exact) mass is 590 g/mol. The molecule has 1 atom stereocenters. The van der Waals surface area contributed by atoms with E-state index in [9.17, 15) is 0 Å². The summed E-state index contributed by atoms with van der Waals surface area (Å²) >= 11 is 3.20. The Morgan fingerprint density at radius 3 is 1.24 bits per heavy atom. The standard InChI is InChI=1S/C18H45GeIOSi4/c1-22(2,3)17(23(4,5)6)19(20,16-14-13-15-21-16)18(24(7,8)9)25(10,11)12/h16-18H,13-15H2,1-12H3. The molecular formula is C18H45GeIOSi4. The van der Waals surface area contributed by atoms with E-state index in [4.69, 9.17) is 4.74 Å². The van der Waals surface area contributed by atoms with Crippen LogP contribution in [0.5, 0.6) is 0 Å². The maximum atomic E-state index is 6.63. The molecule has 150 valence electrons. The van der Waals surface area contributed by atoms with Gasteiger partial charge in [0, 0.05) is 0 Å². The third-order valence-corrected chi connectivity index (χ3v) is 83.9. The van der Waals surface area contributed by atoms with Crippen LogP contribution in [0.2, 0.25) is 86.6 Å². The van der Waals surface area contributed by atoms with Crippen LogP contribution in [0.15, 0.2) is 0 Å². The fourth-order valence-corrected chi connectivity index (χ4v) is 142. The van der Waals surface area contributed by atoms with Gasteiger partial charge in [-0.05, 0) is 0 Å². The first-order valence-corrected chi connectivity index (χ1v) is 34.5. The molecule has 0 amide bonds. The number of halogens is 1. The Balaban J connectivity index is 3.74. The van der Waals surface area contributed by atoms with E-state index >= 15 is 0 Å². The SMILES string of the molecule is C[Si](C)(C)[CH]([Si](C)(C)C)[Ge]([I])([CH]1CCCO1)[CH]([Si](C)(C)C)[Si](C)(C)C. The van der Waals surface area contributed by atoms with Gasteiger partial charge in [-0.25, -0.2) is 0 Å². The summed E-state index contributed by atoms with van der Waals surface area (Å²) in [5.41, 5.74) is 0. The van der Waals surface area contributed by atoms with Gasteiger partial charge in [0.1, 0.15) is 0 Å². The van der Waals surface area contributed by atoms with E-state index in [1.165, 1.54) is 12.8 Å². The quantitative estimate of drug-likeness (QED) is 0.223. The van der Waals surface area contributed by atoms with Gasteiger partial charge in [0.25, 0.3) is 0 Å². The van der Waals surface area contributed by atoms with Crippen molar-refractivity contribution in [2.75, 3.05) is 6.61 Å². The van der Waals surface area contributed by atoms with Crippen molar-refractivity contribution in [3.63, 3.8) is 0 Å². The van der Waals surface area contributed by atoms with Gasteiger partial charge in [-0.3, -0.25) is 0 Å². The molecule has 0 spiro atoms. The molecule has 1 rings (SSSR count). The minimum atomic E-state index is -2.31. The van der Waals surface area contributed by atoms with Crippen molar-refractivity contribution in [2.45, 2.75) is 104 Å². The van der Waals surface area contributed by atoms with Crippen molar-refractivity contribution in [3.05, 3.63) is 0 Å². The zero-order valence-corrected chi connectivity index (χ0v) is 27.4. The number of hydrogen-bond acceptors (Lipinski definition) is 1. The van der Waals surface area contributed by atoms with Crippen molar-refractivity contribution < 1.29 is 4.74 Å². The molecule has 1 fully saturated rings. The van der Waals surface area contributed by atoms with Crippen molar-refractivity contribution in [1.29, 1.82) is 0 Å². The first-order chi connectivity index (χ1) is 10.8. The molecule has 1 aliphatic rings. The molecule has 1 saturated heterocycles. The summed E-state index contributed by atoms with van der Waals surface area (Å²) in [4.78, 5) is 0.674. The third kappa shape index (κ3) is 5.81. The van der Waals surface area contributed by atoms with Crippen LogP contribution in [0.25, 0.3) is 0 Å². The molecule has 1 heterocycles. The Bertz CT molecular complexity index is 394. The van der Waals surface area contributed by atoms with E-state index in [0.29, 0.717) is 4.94 Å². The van der Waals surface area contributed by atoms with Gasteiger partial charge in [0.15, 0.2) is 0 Å². The van der Waals surface area contributed by atoms with Gasteiger partial charge in [-0.1, -0.05) is 0 Å². The molecule has 1 nitrogen and oxygen atoms in total. The summed E-state index contributed by atoms with van der Waals surface area (Å²) < 4.78 is 8.81. The van der Waals surface area contributed by atoms with Crippen LogP contribution in [0.3, 0.4) is 0 Å². The Labute approximate surface area is 176 Å². The summed E-state index contributed by atoms with van der Waals surface area (Å²) in [5.74, 6) is 0. The van der Waals surface area contributed by atoms with E-state index in [1.54, 1.807) is 0 Å². The van der Waals surface area contributed by atoms with Crippen LogP contribution >= 0.6 is 20.2 Å². The second-order valence-corrected chi connectivity index (χ2v) is 56.9. The topological polar surface area (TPSA) is 9.23 Å². The van der Waals surface area contributed by atoms with Crippen LogP contribution in [0.4, 0.5) is 0 Å². The molecule has 0 aromatic heterocycles. The second-order valence-electron chi connectivity index (χ2n) is 12.7. The van der Waals surface area contributed by atoms with Crippen LogP contribution in [-0.4, -0.2) is 53.8 Å². The minimum absolute atomic E-state index is 0.674. The molecule has 0 bridgehead atoms. The van der Waals surface area contributed by atoms with Gasteiger partial charge in [0.05, 0.1) is 0 Å². The molecule has 0 saturated carbocycles. The summed E-state index contributed by atoms with van der Waals surface area (Å²) in [6, 6.07) is 0. The molecule has 0 N–H and O–H groups in total. The molecule has 1 aliphatic heterocycles. The molecule has 0 aromatic rings. The average Bonchev–Trinajstić information content (AvgIpc) is 2.71. The number of rotatable bonds is 7. The van der Waals surface area contributed by atoms with E-state index in [1.807, 2.05) is 0 Å². The Morgan fingerprint density at radius 1 is 0.720 bits per heavy atom. The molecule has 25 heavy (non-hydrogen) atoms. The molecule has 0 aliphatic carbocycles. The predicted molar refractivity (Wildman–Crippen MR) is 140 cm³/mol. The third-order valence-electron chi connectivity index (χ3n) is 5.77. The summed E-state index contributed by atoms with van der Waals surface area (Å²) in [6.45, 7) is 33.3. The number of ether oxygens (including phenoxy) is 1. The fourth-order valence-electron chi connectivity index (χ4n) is 6.72. The van der Waals surface area contributed by atoms with Crippen molar-refractivity contribution in [1.82, 2.24) is 0 Å². The molecule has 0 radical (unpaired) electrons.